The molecule has 3 nitrogen and oxygen atoms in total. The van der Waals surface area contributed by atoms with Crippen molar-refractivity contribution in [2.45, 2.75) is 6.92 Å². The van der Waals surface area contributed by atoms with E-state index in [4.69, 9.17) is 11.6 Å². The monoisotopic (exact) mass is 337 g/mol. The Hall–Kier alpha value is -2.72. The van der Waals surface area contributed by atoms with E-state index in [-0.39, 0.29) is 5.82 Å². The lowest BCUT2D eigenvalue weighted by molar-refractivity contribution is 0.629. The summed E-state index contributed by atoms with van der Waals surface area (Å²) in [6.07, 6.45) is 0. The summed E-state index contributed by atoms with van der Waals surface area (Å²) in [4.78, 5) is 4.43. The van der Waals surface area contributed by atoms with Gasteiger partial charge in [-0.05, 0) is 36.8 Å². The predicted octanol–water partition coefficient (Wildman–Crippen LogP) is 5.39. The minimum Gasteiger partial charge on any atom is -0.282 e. The highest BCUT2D eigenvalue weighted by atomic mass is 35.5. The number of aromatic amines is 1. The van der Waals surface area contributed by atoms with Crippen molar-refractivity contribution >= 4 is 22.5 Å². The molecule has 1 N–H and O–H groups in total. The van der Waals surface area contributed by atoms with E-state index in [9.17, 15) is 4.39 Å². The molecule has 5 heteroatoms. The van der Waals surface area contributed by atoms with Crippen LogP contribution in [0, 0.1) is 12.7 Å². The Balaban J connectivity index is 2.16. The maximum Gasteiger partial charge on any atom is 0.139 e. The number of halogens is 2. The van der Waals surface area contributed by atoms with E-state index in [1.54, 1.807) is 6.07 Å². The van der Waals surface area contributed by atoms with Gasteiger partial charge in [0.15, 0.2) is 0 Å². The molecule has 0 fully saturated rings. The minimum atomic E-state index is -0.312. The first-order valence-electron chi connectivity index (χ1n) is 7.50. The highest BCUT2D eigenvalue weighted by Gasteiger charge is 2.19. The lowest BCUT2D eigenvalue weighted by atomic mass is 9.94. The number of rotatable bonds is 2. The van der Waals surface area contributed by atoms with E-state index in [0.717, 1.165) is 16.8 Å². The smallest absolute Gasteiger partial charge is 0.139 e. The Bertz CT molecular complexity index is 1040. The lowest BCUT2D eigenvalue weighted by Crippen LogP contribution is -1.94. The molecule has 0 aliphatic carbocycles. The summed E-state index contributed by atoms with van der Waals surface area (Å²) in [6.45, 7) is 1.92. The van der Waals surface area contributed by atoms with Crippen LogP contribution in [0.25, 0.3) is 33.3 Å². The van der Waals surface area contributed by atoms with Crippen LogP contribution in [0.15, 0.2) is 54.6 Å². The van der Waals surface area contributed by atoms with Gasteiger partial charge in [0, 0.05) is 22.2 Å². The lowest BCUT2D eigenvalue weighted by Gasteiger charge is -2.13. The third kappa shape index (κ3) is 2.45. The van der Waals surface area contributed by atoms with Crippen LogP contribution in [0.3, 0.4) is 0 Å². The van der Waals surface area contributed by atoms with Gasteiger partial charge >= 0.3 is 0 Å². The van der Waals surface area contributed by atoms with Crippen LogP contribution < -0.4 is 0 Å². The van der Waals surface area contributed by atoms with E-state index in [1.807, 2.05) is 43.3 Å². The number of hydrogen-bond acceptors (Lipinski definition) is 2. The third-order valence-electron chi connectivity index (χ3n) is 3.93. The molecule has 0 atom stereocenters. The number of nitrogens with zero attached hydrogens (tertiary/aromatic N) is 2. The molecule has 0 aliphatic rings. The third-order valence-corrected chi connectivity index (χ3v) is 4.20. The van der Waals surface area contributed by atoms with Crippen LogP contribution in [0.4, 0.5) is 4.39 Å². The number of pyridine rings is 1. The van der Waals surface area contributed by atoms with Crippen LogP contribution in [0.2, 0.25) is 5.15 Å². The molecule has 4 aromatic rings. The summed E-state index contributed by atoms with van der Waals surface area (Å²) < 4.78 is 13.9. The van der Waals surface area contributed by atoms with E-state index in [1.165, 1.54) is 12.1 Å². The Morgan fingerprint density at radius 3 is 2.50 bits per heavy atom. The summed E-state index contributed by atoms with van der Waals surface area (Å²) in [6, 6.07) is 16.2. The van der Waals surface area contributed by atoms with Gasteiger partial charge in [0.1, 0.15) is 11.0 Å². The predicted molar refractivity (Wildman–Crippen MR) is 94.5 cm³/mol. The molecule has 0 radical (unpaired) electrons. The molecule has 0 unspecified atom stereocenters. The van der Waals surface area contributed by atoms with Crippen molar-refractivity contribution in [1.82, 2.24) is 15.2 Å². The highest BCUT2D eigenvalue weighted by molar-refractivity contribution is 6.34. The second kappa shape index (κ2) is 5.73. The maximum absolute atomic E-state index is 13.9. The van der Waals surface area contributed by atoms with Crippen LogP contribution in [-0.2, 0) is 0 Å². The van der Waals surface area contributed by atoms with Gasteiger partial charge in [-0.15, -0.1) is 0 Å². The zero-order chi connectivity index (χ0) is 16.7. The number of H-pyrrole nitrogens is 1. The quantitative estimate of drug-likeness (QED) is 0.498. The van der Waals surface area contributed by atoms with Crippen molar-refractivity contribution in [3.05, 3.63) is 71.3 Å². The van der Waals surface area contributed by atoms with Crippen molar-refractivity contribution in [2.24, 2.45) is 0 Å². The number of benzene rings is 2. The highest BCUT2D eigenvalue weighted by Crippen LogP contribution is 2.40. The van der Waals surface area contributed by atoms with Crippen LogP contribution in [0.5, 0.6) is 0 Å². The Kier molecular flexibility index (Phi) is 3.54. The molecule has 118 valence electrons. The number of hydrogen-bond donors (Lipinski definition) is 1. The summed E-state index contributed by atoms with van der Waals surface area (Å²) >= 11 is 6.48. The summed E-state index contributed by atoms with van der Waals surface area (Å²) in [5.41, 5.74) is 4.72. The van der Waals surface area contributed by atoms with E-state index in [2.05, 4.69) is 15.2 Å². The normalized spacial score (nSPS) is 11.1. The van der Waals surface area contributed by atoms with Gasteiger partial charge < -0.3 is 0 Å². The molecule has 0 bridgehead atoms. The Morgan fingerprint density at radius 2 is 1.79 bits per heavy atom. The van der Waals surface area contributed by atoms with Crippen LogP contribution in [-0.4, -0.2) is 15.2 Å². The van der Waals surface area contributed by atoms with Crippen molar-refractivity contribution in [1.29, 1.82) is 0 Å². The minimum absolute atomic E-state index is 0.312. The van der Waals surface area contributed by atoms with Crippen molar-refractivity contribution in [3.63, 3.8) is 0 Å². The van der Waals surface area contributed by atoms with Crippen molar-refractivity contribution < 1.29 is 4.39 Å². The van der Waals surface area contributed by atoms with E-state index < -0.39 is 0 Å². The fourth-order valence-electron chi connectivity index (χ4n) is 2.89. The number of aryl methyl sites for hydroxylation is 1. The molecular weight excluding hydrogens is 325 g/mol. The number of fused-ring (bicyclic) bond motifs is 1. The molecule has 2 aromatic heterocycles. The first kappa shape index (κ1) is 14.8. The molecule has 0 amide bonds. The standard InChI is InChI=1S/C19H13ClFN3/c1-11-9-16(24-23-11)18-17(12-5-3-2-4-6-12)14-10-13(21)7-8-15(14)22-19(18)20/h2-10H,1H3,(H,23,24). The molecule has 0 saturated carbocycles. The van der Waals surface area contributed by atoms with Crippen molar-refractivity contribution in [2.75, 3.05) is 0 Å². The zero-order valence-electron chi connectivity index (χ0n) is 12.8. The first-order chi connectivity index (χ1) is 11.6. The molecule has 2 aromatic carbocycles. The maximum atomic E-state index is 13.9. The molecule has 4 rings (SSSR count). The largest absolute Gasteiger partial charge is 0.282 e. The van der Waals surface area contributed by atoms with Gasteiger partial charge in [-0.2, -0.15) is 5.10 Å². The average molecular weight is 338 g/mol. The van der Waals surface area contributed by atoms with E-state index >= 15 is 0 Å². The molecule has 0 spiro atoms. The average Bonchev–Trinajstić information content (AvgIpc) is 3.01. The second-order valence-corrected chi connectivity index (χ2v) is 5.97. The fraction of sp³-hybridized carbons (Fsp3) is 0.0526. The Morgan fingerprint density at radius 1 is 1.00 bits per heavy atom. The number of nitrogens with one attached hydrogen (secondary N) is 1. The zero-order valence-corrected chi connectivity index (χ0v) is 13.6. The molecular formula is C19H13ClFN3. The van der Waals surface area contributed by atoms with Crippen LogP contribution >= 0.6 is 11.6 Å². The van der Waals surface area contributed by atoms with Crippen LogP contribution in [0.1, 0.15) is 5.69 Å². The topological polar surface area (TPSA) is 41.6 Å². The van der Waals surface area contributed by atoms with Gasteiger partial charge in [-0.1, -0.05) is 41.9 Å². The second-order valence-electron chi connectivity index (χ2n) is 5.62. The van der Waals surface area contributed by atoms with Crippen molar-refractivity contribution in [3.8, 4) is 22.4 Å². The van der Waals surface area contributed by atoms with Gasteiger partial charge in [-0.25, -0.2) is 9.37 Å². The number of aromatic nitrogens is 3. The molecule has 2 heterocycles. The Labute approximate surface area is 143 Å². The van der Waals surface area contributed by atoms with Gasteiger partial charge in [-0.3, -0.25) is 5.10 Å². The molecule has 24 heavy (non-hydrogen) atoms. The fourth-order valence-corrected chi connectivity index (χ4v) is 3.17. The van der Waals surface area contributed by atoms with Gasteiger partial charge in [0.2, 0.25) is 0 Å². The van der Waals surface area contributed by atoms with Gasteiger partial charge in [0.25, 0.3) is 0 Å². The summed E-state index contributed by atoms with van der Waals surface area (Å²) in [5, 5.41) is 8.30. The van der Waals surface area contributed by atoms with E-state index in [0.29, 0.717) is 27.3 Å². The molecule has 0 saturated heterocycles. The summed E-state index contributed by atoms with van der Waals surface area (Å²) in [5.74, 6) is -0.312. The first-order valence-corrected chi connectivity index (χ1v) is 7.88. The SMILES string of the molecule is Cc1cc(-c2c(Cl)nc3ccc(F)cc3c2-c2ccccc2)n[nH]1. The summed E-state index contributed by atoms with van der Waals surface area (Å²) in [7, 11) is 0. The van der Waals surface area contributed by atoms with Gasteiger partial charge in [0.05, 0.1) is 11.2 Å². The molecule has 0 aliphatic heterocycles.